The number of aryl methyl sites for hydroxylation is 2. The highest BCUT2D eigenvalue weighted by Crippen LogP contribution is 2.14. The van der Waals surface area contributed by atoms with E-state index in [4.69, 9.17) is 12.2 Å². The van der Waals surface area contributed by atoms with Gasteiger partial charge in [0.25, 0.3) is 0 Å². The molecule has 156 valence electrons. The Hall–Kier alpha value is -2.70. The molecule has 1 saturated heterocycles. The molecule has 0 bridgehead atoms. The van der Waals surface area contributed by atoms with Crippen molar-refractivity contribution >= 4 is 23.1 Å². The summed E-state index contributed by atoms with van der Waals surface area (Å²) in [5.41, 5.74) is 5.32. The molecule has 0 radical (unpaired) electrons. The zero-order chi connectivity index (χ0) is 20.9. The average molecular weight is 420 g/mol. The van der Waals surface area contributed by atoms with E-state index < -0.39 is 0 Å². The number of hydrogen-bond acceptors (Lipinski definition) is 3. The van der Waals surface area contributed by atoms with Gasteiger partial charge in [-0.05, 0) is 48.3 Å². The number of hydrogen-bond donors (Lipinski definition) is 1. The molecule has 0 amide bonds. The third kappa shape index (κ3) is 5.07. The van der Waals surface area contributed by atoms with Crippen LogP contribution < -0.4 is 5.32 Å². The van der Waals surface area contributed by atoms with E-state index in [-0.39, 0.29) is 0 Å². The highest BCUT2D eigenvalue weighted by atomic mass is 32.1. The number of nitrogens with one attached hydrogen (secondary N) is 1. The van der Waals surface area contributed by atoms with Crippen LogP contribution in [0.3, 0.4) is 0 Å². The van der Waals surface area contributed by atoms with Crippen LogP contribution in [-0.4, -0.2) is 50.9 Å². The molecule has 4 rings (SSSR count). The predicted molar refractivity (Wildman–Crippen MR) is 127 cm³/mol. The van der Waals surface area contributed by atoms with Gasteiger partial charge in [-0.3, -0.25) is 9.58 Å². The summed E-state index contributed by atoms with van der Waals surface area (Å²) in [6, 6.07) is 19.0. The van der Waals surface area contributed by atoms with Crippen molar-refractivity contribution in [2.75, 3.05) is 31.5 Å². The second-order valence-electron chi connectivity index (χ2n) is 7.94. The molecule has 0 atom stereocenters. The zero-order valence-corrected chi connectivity index (χ0v) is 18.5. The fourth-order valence-electron chi connectivity index (χ4n) is 3.80. The van der Waals surface area contributed by atoms with E-state index in [2.05, 4.69) is 82.6 Å². The van der Waals surface area contributed by atoms with E-state index in [1.165, 1.54) is 22.3 Å². The molecule has 30 heavy (non-hydrogen) atoms. The molecule has 0 aliphatic carbocycles. The van der Waals surface area contributed by atoms with Crippen molar-refractivity contribution in [3.05, 3.63) is 83.0 Å². The molecule has 5 nitrogen and oxygen atoms in total. The summed E-state index contributed by atoms with van der Waals surface area (Å²) in [7, 11) is 0. The number of anilines is 1. The number of benzene rings is 2. The molecule has 1 aliphatic rings. The van der Waals surface area contributed by atoms with Gasteiger partial charge in [0.15, 0.2) is 10.9 Å². The summed E-state index contributed by atoms with van der Waals surface area (Å²) in [5.74, 6) is 0.802. The topological polar surface area (TPSA) is 36.3 Å². The lowest BCUT2D eigenvalue weighted by Crippen LogP contribution is -2.49. The van der Waals surface area contributed by atoms with Crippen molar-refractivity contribution in [1.29, 1.82) is 0 Å². The molecule has 0 spiro atoms. The van der Waals surface area contributed by atoms with E-state index >= 15 is 0 Å². The Labute approximate surface area is 184 Å². The van der Waals surface area contributed by atoms with Gasteiger partial charge in [0, 0.05) is 45.0 Å². The van der Waals surface area contributed by atoms with E-state index in [1.54, 1.807) is 0 Å². The van der Waals surface area contributed by atoms with Crippen LogP contribution in [0.1, 0.15) is 22.3 Å². The van der Waals surface area contributed by atoms with E-state index in [0.717, 1.165) is 50.2 Å². The van der Waals surface area contributed by atoms with Crippen LogP contribution in [0.25, 0.3) is 0 Å². The van der Waals surface area contributed by atoms with E-state index in [0.29, 0.717) is 0 Å². The third-order valence-corrected chi connectivity index (χ3v) is 6.14. The summed E-state index contributed by atoms with van der Waals surface area (Å²) in [6.07, 6.45) is 2.00. The summed E-state index contributed by atoms with van der Waals surface area (Å²) >= 11 is 5.65. The van der Waals surface area contributed by atoms with Crippen LogP contribution in [-0.2, 0) is 13.1 Å². The van der Waals surface area contributed by atoms with Crippen molar-refractivity contribution in [3.63, 3.8) is 0 Å². The number of piperazine rings is 1. The Balaban J connectivity index is 1.28. The van der Waals surface area contributed by atoms with Crippen LogP contribution in [0, 0.1) is 13.8 Å². The molecule has 1 N–H and O–H groups in total. The number of rotatable bonds is 5. The van der Waals surface area contributed by atoms with Gasteiger partial charge in [-0.1, -0.05) is 48.5 Å². The SMILES string of the molecule is Cc1ccccc1CN1CCN(C(=S)Nc2ccn(Cc3ccccc3C)n2)CC1. The van der Waals surface area contributed by atoms with Crippen molar-refractivity contribution in [3.8, 4) is 0 Å². The van der Waals surface area contributed by atoms with Crippen LogP contribution in [0.5, 0.6) is 0 Å². The van der Waals surface area contributed by atoms with Crippen molar-refractivity contribution in [2.45, 2.75) is 26.9 Å². The Morgan fingerprint density at radius 1 is 0.867 bits per heavy atom. The van der Waals surface area contributed by atoms with Crippen molar-refractivity contribution in [2.24, 2.45) is 0 Å². The predicted octanol–water partition coefficient (Wildman–Crippen LogP) is 4.06. The fourth-order valence-corrected chi connectivity index (χ4v) is 4.09. The summed E-state index contributed by atoms with van der Waals surface area (Å²) in [4.78, 5) is 4.74. The molecule has 6 heteroatoms. The Bertz CT molecular complexity index is 1000. The second kappa shape index (κ2) is 9.41. The quantitative estimate of drug-likeness (QED) is 0.631. The Kier molecular flexibility index (Phi) is 6.45. The van der Waals surface area contributed by atoms with Crippen LogP contribution in [0.2, 0.25) is 0 Å². The van der Waals surface area contributed by atoms with E-state index in [1.807, 2.05) is 16.9 Å². The normalized spacial score (nSPS) is 14.7. The lowest BCUT2D eigenvalue weighted by atomic mass is 10.1. The molecule has 0 unspecified atom stereocenters. The standard InChI is InChI=1S/C24H29N5S/c1-19-7-3-5-9-21(19)17-27-13-15-28(16-14-27)24(30)25-23-11-12-29(26-23)18-22-10-6-4-8-20(22)2/h3-12H,13-18H2,1-2H3,(H,25,26,30). The monoisotopic (exact) mass is 419 g/mol. The Morgan fingerprint density at radius 2 is 1.47 bits per heavy atom. The molecule has 3 aromatic rings. The first-order valence-electron chi connectivity index (χ1n) is 10.5. The molecule has 1 fully saturated rings. The fraction of sp³-hybridized carbons (Fsp3) is 0.333. The molecule has 2 heterocycles. The van der Waals surface area contributed by atoms with Crippen molar-refractivity contribution in [1.82, 2.24) is 19.6 Å². The smallest absolute Gasteiger partial charge is 0.174 e. The minimum absolute atomic E-state index is 0.756. The first kappa shape index (κ1) is 20.6. The highest BCUT2D eigenvalue weighted by molar-refractivity contribution is 7.80. The average Bonchev–Trinajstić information content (AvgIpc) is 3.19. The highest BCUT2D eigenvalue weighted by Gasteiger charge is 2.20. The second-order valence-corrected chi connectivity index (χ2v) is 8.33. The van der Waals surface area contributed by atoms with Gasteiger partial charge in [-0.15, -0.1) is 0 Å². The van der Waals surface area contributed by atoms with Gasteiger partial charge in [0.1, 0.15) is 0 Å². The molecular formula is C24H29N5S. The molecular weight excluding hydrogens is 390 g/mol. The molecule has 2 aromatic carbocycles. The summed E-state index contributed by atoms with van der Waals surface area (Å²) in [5, 5.41) is 8.71. The third-order valence-electron chi connectivity index (χ3n) is 5.78. The van der Waals surface area contributed by atoms with Gasteiger partial charge in [0.2, 0.25) is 0 Å². The van der Waals surface area contributed by atoms with Crippen LogP contribution in [0.4, 0.5) is 5.82 Å². The summed E-state index contributed by atoms with van der Waals surface area (Å²) < 4.78 is 1.95. The zero-order valence-electron chi connectivity index (χ0n) is 17.7. The first-order valence-corrected chi connectivity index (χ1v) is 10.9. The van der Waals surface area contributed by atoms with Crippen molar-refractivity contribution < 1.29 is 0 Å². The lowest BCUT2D eigenvalue weighted by Gasteiger charge is -2.36. The van der Waals surface area contributed by atoms with Crippen LogP contribution >= 0.6 is 12.2 Å². The minimum Gasteiger partial charge on any atom is -0.346 e. The maximum absolute atomic E-state index is 5.65. The van der Waals surface area contributed by atoms with Gasteiger partial charge in [-0.25, -0.2) is 0 Å². The number of thiocarbonyl (C=S) groups is 1. The summed E-state index contributed by atoms with van der Waals surface area (Å²) in [6.45, 7) is 9.97. The maximum atomic E-state index is 5.65. The first-order chi connectivity index (χ1) is 14.6. The largest absolute Gasteiger partial charge is 0.346 e. The molecule has 1 aliphatic heterocycles. The van der Waals surface area contributed by atoms with Gasteiger partial charge < -0.3 is 10.2 Å². The van der Waals surface area contributed by atoms with Crippen LogP contribution in [0.15, 0.2) is 60.8 Å². The number of nitrogens with zero attached hydrogens (tertiary/aromatic N) is 4. The number of aromatic nitrogens is 2. The lowest BCUT2D eigenvalue weighted by molar-refractivity contribution is 0.176. The van der Waals surface area contributed by atoms with Gasteiger partial charge in [-0.2, -0.15) is 5.10 Å². The van der Waals surface area contributed by atoms with E-state index in [9.17, 15) is 0 Å². The molecule has 1 aromatic heterocycles. The Morgan fingerprint density at radius 3 is 2.10 bits per heavy atom. The minimum atomic E-state index is 0.756. The van der Waals surface area contributed by atoms with Gasteiger partial charge in [0.05, 0.1) is 6.54 Å². The van der Waals surface area contributed by atoms with Gasteiger partial charge >= 0.3 is 0 Å². The molecule has 0 saturated carbocycles. The maximum Gasteiger partial charge on any atom is 0.174 e.